The average Bonchev–Trinajstić information content (AvgIpc) is 2.84. The molecule has 2 aromatic rings. The van der Waals surface area contributed by atoms with Gasteiger partial charge in [-0.3, -0.25) is 4.79 Å². The Morgan fingerprint density at radius 2 is 1.78 bits per heavy atom. The molecule has 0 amide bonds. The zero-order valence-corrected chi connectivity index (χ0v) is 13.8. The fourth-order valence-corrected chi connectivity index (χ4v) is 2.71. The molecule has 2 aromatic carbocycles. The van der Waals surface area contributed by atoms with Crippen molar-refractivity contribution in [3.8, 4) is 11.5 Å². The Morgan fingerprint density at radius 3 is 2.52 bits per heavy atom. The number of thioether (sulfide) groups is 1. The predicted octanol–water partition coefficient (Wildman–Crippen LogP) is 4.47. The Kier molecular flexibility index (Phi) is 5.03. The standard InChI is InChI=1S/C19H18O3S/c1-23-16-7-3-14(4-8-16)5-9-17(20)15-6-10-18-19(13-15)22-12-2-11-21-18/h3-10,13H,2,11-12H2,1H3/b9-5+. The molecule has 0 radical (unpaired) electrons. The molecule has 0 aromatic heterocycles. The van der Waals surface area contributed by atoms with Gasteiger partial charge in [-0.05, 0) is 48.2 Å². The first-order valence-corrected chi connectivity index (χ1v) is 8.75. The van der Waals surface area contributed by atoms with Gasteiger partial charge in [-0.2, -0.15) is 0 Å². The molecule has 0 saturated heterocycles. The lowest BCUT2D eigenvalue weighted by Gasteiger charge is -2.07. The molecule has 0 unspecified atom stereocenters. The van der Waals surface area contributed by atoms with Gasteiger partial charge in [-0.15, -0.1) is 11.8 Å². The van der Waals surface area contributed by atoms with Gasteiger partial charge in [0.05, 0.1) is 13.2 Å². The number of ether oxygens (including phenoxy) is 2. The van der Waals surface area contributed by atoms with Crippen LogP contribution in [0.3, 0.4) is 0 Å². The van der Waals surface area contributed by atoms with Crippen LogP contribution < -0.4 is 9.47 Å². The van der Waals surface area contributed by atoms with E-state index in [1.807, 2.05) is 36.6 Å². The van der Waals surface area contributed by atoms with E-state index in [9.17, 15) is 4.79 Å². The van der Waals surface area contributed by atoms with Crippen molar-refractivity contribution < 1.29 is 14.3 Å². The fraction of sp³-hybridized carbons (Fsp3) is 0.211. The van der Waals surface area contributed by atoms with E-state index in [1.54, 1.807) is 36.0 Å². The molecular weight excluding hydrogens is 308 g/mol. The maximum absolute atomic E-state index is 12.3. The van der Waals surface area contributed by atoms with Crippen molar-refractivity contribution in [1.82, 2.24) is 0 Å². The molecule has 1 heterocycles. The molecule has 0 N–H and O–H groups in total. The highest BCUT2D eigenvalue weighted by Gasteiger charge is 2.12. The van der Waals surface area contributed by atoms with E-state index in [0.717, 1.165) is 12.0 Å². The van der Waals surface area contributed by atoms with Gasteiger partial charge in [0.2, 0.25) is 0 Å². The Labute approximate surface area is 140 Å². The van der Waals surface area contributed by atoms with E-state index < -0.39 is 0 Å². The molecule has 3 nitrogen and oxygen atoms in total. The summed E-state index contributed by atoms with van der Waals surface area (Å²) < 4.78 is 11.2. The molecule has 23 heavy (non-hydrogen) atoms. The van der Waals surface area contributed by atoms with Crippen LogP contribution in [0.5, 0.6) is 11.5 Å². The third-order valence-corrected chi connectivity index (χ3v) is 4.32. The molecule has 3 rings (SSSR count). The molecule has 0 bridgehead atoms. The topological polar surface area (TPSA) is 35.5 Å². The predicted molar refractivity (Wildman–Crippen MR) is 93.6 cm³/mol. The largest absolute Gasteiger partial charge is 0.490 e. The Hall–Kier alpha value is -2.20. The molecule has 1 aliphatic rings. The average molecular weight is 326 g/mol. The lowest BCUT2D eigenvalue weighted by Crippen LogP contribution is -1.98. The van der Waals surface area contributed by atoms with Crippen LogP contribution in [0.1, 0.15) is 22.3 Å². The fourth-order valence-electron chi connectivity index (χ4n) is 2.30. The van der Waals surface area contributed by atoms with Crippen molar-refractivity contribution in [2.75, 3.05) is 19.5 Å². The van der Waals surface area contributed by atoms with E-state index in [-0.39, 0.29) is 5.78 Å². The van der Waals surface area contributed by atoms with E-state index in [0.29, 0.717) is 30.3 Å². The number of hydrogen-bond donors (Lipinski definition) is 0. The summed E-state index contributed by atoms with van der Waals surface area (Å²) in [5.74, 6) is 1.30. The quantitative estimate of drug-likeness (QED) is 0.472. The minimum absolute atomic E-state index is 0.0467. The van der Waals surface area contributed by atoms with Crippen LogP contribution in [-0.2, 0) is 0 Å². The van der Waals surface area contributed by atoms with E-state index in [2.05, 4.69) is 0 Å². The first kappa shape index (κ1) is 15.7. The summed E-state index contributed by atoms with van der Waals surface area (Å²) in [5.41, 5.74) is 1.61. The third-order valence-electron chi connectivity index (χ3n) is 3.57. The van der Waals surface area contributed by atoms with Gasteiger partial charge in [0.25, 0.3) is 0 Å². The number of hydrogen-bond acceptors (Lipinski definition) is 4. The number of carbonyl (C=O) groups excluding carboxylic acids is 1. The zero-order chi connectivity index (χ0) is 16.1. The SMILES string of the molecule is CSc1ccc(/C=C/C(=O)c2ccc3c(c2)OCCCO3)cc1. The Bertz CT molecular complexity index is 720. The van der Waals surface area contributed by atoms with E-state index >= 15 is 0 Å². The molecule has 118 valence electrons. The van der Waals surface area contributed by atoms with Crippen molar-refractivity contribution >= 4 is 23.6 Å². The highest BCUT2D eigenvalue weighted by atomic mass is 32.2. The van der Waals surface area contributed by atoms with Crippen molar-refractivity contribution in [2.45, 2.75) is 11.3 Å². The molecule has 0 atom stereocenters. The summed E-state index contributed by atoms with van der Waals surface area (Å²) in [4.78, 5) is 13.5. The first-order valence-electron chi connectivity index (χ1n) is 7.52. The maximum atomic E-state index is 12.3. The van der Waals surface area contributed by atoms with Crippen LogP contribution in [0.15, 0.2) is 53.4 Å². The Morgan fingerprint density at radius 1 is 1.04 bits per heavy atom. The summed E-state index contributed by atoms with van der Waals surface area (Å²) in [7, 11) is 0. The summed E-state index contributed by atoms with van der Waals surface area (Å²) in [5, 5.41) is 0. The number of allylic oxidation sites excluding steroid dienone is 1. The smallest absolute Gasteiger partial charge is 0.185 e. The number of benzene rings is 2. The van der Waals surface area contributed by atoms with Crippen molar-refractivity contribution in [3.63, 3.8) is 0 Å². The minimum atomic E-state index is -0.0467. The van der Waals surface area contributed by atoms with Crippen molar-refractivity contribution in [2.24, 2.45) is 0 Å². The molecule has 4 heteroatoms. The number of fused-ring (bicyclic) bond motifs is 1. The summed E-state index contributed by atoms with van der Waals surface area (Å²) >= 11 is 1.70. The van der Waals surface area contributed by atoms with Crippen LogP contribution in [0.2, 0.25) is 0 Å². The second-order valence-corrected chi connectivity index (χ2v) is 6.06. The Balaban J connectivity index is 1.74. The van der Waals surface area contributed by atoms with Crippen molar-refractivity contribution in [1.29, 1.82) is 0 Å². The van der Waals surface area contributed by atoms with Gasteiger partial charge < -0.3 is 9.47 Å². The summed E-state index contributed by atoms with van der Waals surface area (Å²) in [6, 6.07) is 13.4. The van der Waals surface area contributed by atoms with Gasteiger partial charge in [0, 0.05) is 16.9 Å². The molecule has 0 saturated carbocycles. The highest BCUT2D eigenvalue weighted by molar-refractivity contribution is 7.98. The lowest BCUT2D eigenvalue weighted by molar-refractivity contribution is 0.104. The normalized spacial score (nSPS) is 13.8. The van der Waals surface area contributed by atoms with Crippen LogP contribution in [-0.4, -0.2) is 25.3 Å². The van der Waals surface area contributed by atoms with Gasteiger partial charge >= 0.3 is 0 Å². The van der Waals surface area contributed by atoms with Crippen LogP contribution in [0.25, 0.3) is 6.08 Å². The van der Waals surface area contributed by atoms with Crippen molar-refractivity contribution in [3.05, 3.63) is 59.7 Å². The molecule has 1 aliphatic heterocycles. The van der Waals surface area contributed by atoms with Gasteiger partial charge in [0.15, 0.2) is 17.3 Å². The van der Waals surface area contributed by atoms with Crippen LogP contribution in [0, 0.1) is 0 Å². The number of carbonyl (C=O) groups is 1. The van der Waals surface area contributed by atoms with E-state index in [4.69, 9.17) is 9.47 Å². The molecular formula is C19H18O3S. The number of ketones is 1. The third kappa shape index (κ3) is 3.96. The summed E-state index contributed by atoms with van der Waals surface area (Å²) in [6.45, 7) is 1.26. The molecule has 0 fully saturated rings. The lowest BCUT2D eigenvalue weighted by atomic mass is 10.1. The maximum Gasteiger partial charge on any atom is 0.185 e. The monoisotopic (exact) mass is 326 g/mol. The van der Waals surface area contributed by atoms with Gasteiger partial charge in [-0.1, -0.05) is 18.2 Å². The summed E-state index contributed by atoms with van der Waals surface area (Å²) in [6.07, 6.45) is 6.31. The number of rotatable bonds is 4. The van der Waals surface area contributed by atoms with Gasteiger partial charge in [-0.25, -0.2) is 0 Å². The molecule has 0 spiro atoms. The molecule has 0 aliphatic carbocycles. The van der Waals surface area contributed by atoms with Crippen LogP contribution in [0.4, 0.5) is 0 Å². The van der Waals surface area contributed by atoms with Crippen LogP contribution >= 0.6 is 11.8 Å². The highest BCUT2D eigenvalue weighted by Crippen LogP contribution is 2.30. The minimum Gasteiger partial charge on any atom is -0.490 e. The van der Waals surface area contributed by atoms with E-state index in [1.165, 1.54) is 4.90 Å². The second-order valence-electron chi connectivity index (χ2n) is 5.18. The first-order chi connectivity index (χ1) is 11.3. The van der Waals surface area contributed by atoms with Gasteiger partial charge in [0.1, 0.15) is 0 Å². The second kappa shape index (κ2) is 7.38. The zero-order valence-electron chi connectivity index (χ0n) is 13.0.